The zero-order valence-electron chi connectivity index (χ0n) is 12.3. The van der Waals surface area contributed by atoms with E-state index in [4.69, 9.17) is 4.98 Å². The van der Waals surface area contributed by atoms with Crippen molar-refractivity contribution in [2.24, 2.45) is 7.05 Å². The summed E-state index contributed by atoms with van der Waals surface area (Å²) in [5.74, 6) is 0. The second kappa shape index (κ2) is 5.56. The SMILES string of the molecule is Cn1c(SC2CCCc3ccccc32)nc2ccsc2c1=O. The first kappa shape index (κ1) is 14.0. The van der Waals surface area contributed by atoms with Crippen molar-refractivity contribution >= 4 is 33.3 Å². The minimum absolute atomic E-state index is 0.0617. The van der Waals surface area contributed by atoms with E-state index in [2.05, 4.69) is 24.3 Å². The molecular weight excluding hydrogens is 312 g/mol. The van der Waals surface area contributed by atoms with Crippen molar-refractivity contribution in [2.45, 2.75) is 29.7 Å². The molecule has 1 aromatic carbocycles. The van der Waals surface area contributed by atoms with Gasteiger partial charge < -0.3 is 0 Å². The topological polar surface area (TPSA) is 34.9 Å². The second-order valence-electron chi connectivity index (χ2n) is 5.59. The summed E-state index contributed by atoms with van der Waals surface area (Å²) in [6.07, 6.45) is 3.49. The number of hydrogen-bond donors (Lipinski definition) is 0. The van der Waals surface area contributed by atoms with Crippen LogP contribution in [0.4, 0.5) is 0 Å². The summed E-state index contributed by atoms with van der Waals surface area (Å²) >= 11 is 3.19. The summed E-state index contributed by atoms with van der Waals surface area (Å²) in [6.45, 7) is 0. The van der Waals surface area contributed by atoms with E-state index in [0.29, 0.717) is 5.25 Å². The summed E-state index contributed by atoms with van der Waals surface area (Å²) in [4.78, 5) is 17.1. The van der Waals surface area contributed by atoms with Gasteiger partial charge in [-0.2, -0.15) is 0 Å². The van der Waals surface area contributed by atoms with Crippen molar-refractivity contribution in [1.29, 1.82) is 0 Å². The van der Waals surface area contributed by atoms with Crippen molar-refractivity contribution in [2.75, 3.05) is 0 Å². The molecule has 0 radical (unpaired) electrons. The fourth-order valence-corrected chi connectivity index (χ4v) is 5.13. The van der Waals surface area contributed by atoms with Gasteiger partial charge in [-0.15, -0.1) is 11.3 Å². The van der Waals surface area contributed by atoms with E-state index in [1.807, 2.05) is 18.5 Å². The summed E-state index contributed by atoms with van der Waals surface area (Å²) < 4.78 is 2.44. The lowest BCUT2D eigenvalue weighted by atomic mass is 9.91. The highest BCUT2D eigenvalue weighted by molar-refractivity contribution is 7.99. The van der Waals surface area contributed by atoms with E-state index in [0.717, 1.165) is 28.2 Å². The Balaban J connectivity index is 1.76. The van der Waals surface area contributed by atoms with E-state index in [-0.39, 0.29) is 5.56 Å². The first-order valence-corrected chi connectivity index (χ1v) is 9.18. The lowest BCUT2D eigenvalue weighted by Gasteiger charge is -2.25. The average Bonchev–Trinajstić information content (AvgIpc) is 3.01. The number of rotatable bonds is 2. The molecule has 22 heavy (non-hydrogen) atoms. The van der Waals surface area contributed by atoms with Crippen LogP contribution < -0.4 is 5.56 Å². The highest BCUT2D eigenvalue weighted by Crippen LogP contribution is 2.42. The molecule has 112 valence electrons. The summed E-state index contributed by atoms with van der Waals surface area (Å²) in [7, 11) is 1.82. The molecule has 0 spiro atoms. The summed E-state index contributed by atoms with van der Waals surface area (Å²) in [5, 5.41) is 3.14. The zero-order chi connectivity index (χ0) is 15.1. The van der Waals surface area contributed by atoms with E-state index < -0.39 is 0 Å². The molecule has 3 aromatic rings. The van der Waals surface area contributed by atoms with Gasteiger partial charge >= 0.3 is 0 Å². The molecule has 0 N–H and O–H groups in total. The molecule has 2 aromatic heterocycles. The standard InChI is InChI=1S/C17H16N2OS2/c1-19-16(20)15-13(9-10-21-15)18-17(19)22-14-8-4-6-11-5-2-3-7-12(11)14/h2-3,5,7,9-10,14H,4,6,8H2,1H3. The van der Waals surface area contributed by atoms with Gasteiger partial charge in [0.05, 0.1) is 5.52 Å². The summed E-state index contributed by atoms with van der Waals surface area (Å²) in [5.41, 5.74) is 3.72. The van der Waals surface area contributed by atoms with Crippen molar-refractivity contribution < 1.29 is 0 Å². The zero-order valence-corrected chi connectivity index (χ0v) is 13.9. The molecule has 1 atom stereocenters. The number of hydrogen-bond acceptors (Lipinski definition) is 4. The monoisotopic (exact) mass is 328 g/mol. The maximum absolute atomic E-state index is 12.4. The smallest absolute Gasteiger partial charge is 0.271 e. The first-order chi connectivity index (χ1) is 10.7. The molecule has 0 fully saturated rings. The number of thiophene rings is 1. The second-order valence-corrected chi connectivity index (χ2v) is 7.68. The molecule has 5 heteroatoms. The van der Waals surface area contributed by atoms with Crippen LogP contribution in [0.3, 0.4) is 0 Å². The third-order valence-electron chi connectivity index (χ3n) is 4.21. The molecule has 0 aliphatic heterocycles. The number of aryl methyl sites for hydroxylation is 1. The van der Waals surface area contributed by atoms with Crippen LogP contribution in [0.25, 0.3) is 10.2 Å². The van der Waals surface area contributed by atoms with Gasteiger partial charge in [0, 0.05) is 12.3 Å². The number of thioether (sulfide) groups is 1. The lowest BCUT2D eigenvalue weighted by Crippen LogP contribution is -2.19. The van der Waals surface area contributed by atoms with E-state index >= 15 is 0 Å². The van der Waals surface area contributed by atoms with Crippen LogP contribution in [0.15, 0.2) is 45.7 Å². The fourth-order valence-electron chi connectivity index (χ4n) is 3.03. The van der Waals surface area contributed by atoms with Gasteiger partial charge in [-0.25, -0.2) is 4.98 Å². The van der Waals surface area contributed by atoms with Gasteiger partial charge in [-0.05, 0) is 41.8 Å². The Labute approximate surface area is 137 Å². The van der Waals surface area contributed by atoms with Gasteiger partial charge in [0.25, 0.3) is 5.56 Å². The fraction of sp³-hybridized carbons (Fsp3) is 0.294. The molecule has 0 saturated carbocycles. The Morgan fingerprint density at radius 1 is 1.32 bits per heavy atom. The summed E-state index contributed by atoms with van der Waals surface area (Å²) in [6, 6.07) is 10.6. The Kier molecular flexibility index (Phi) is 3.54. The Morgan fingerprint density at radius 2 is 2.18 bits per heavy atom. The largest absolute Gasteiger partial charge is 0.289 e. The van der Waals surface area contributed by atoms with E-state index in [1.54, 1.807) is 16.3 Å². The van der Waals surface area contributed by atoms with Gasteiger partial charge in [0.1, 0.15) is 4.70 Å². The van der Waals surface area contributed by atoms with Gasteiger partial charge in [-0.3, -0.25) is 9.36 Å². The minimum atomic E-state index is 0.0617. The maximum atomic E-state index is 12.4. The molecule has 0 amide bonds. The van der Waals surface area contributed by atoms with Crippen molar-refractivity contribution in [1.82, 2.24) is 9.55 Å². The number of aromatic nitrogens is 2. The van der Waals surface area contributed by atoms with Crippen LogP contribution >= 0.6 is 23.1 Å². The predicted octanol–water partition coefficient (Wildman–Crippen LogP) is 4.16. The van der Waals surface area contributed by atoms with Crippen LogP contribution in [0.5, 0.6) is 0 Å². The Hall–Kier alpha value is -1.59. The highest BCUT2D eigenvalue weighted by Gasteiger charge is 2.23. The molecule has 0 saturated heterocycles. The third-order valence-corrected chi connectivity index (χ3v) is 6.45. The molecule has 3 nitrogen and oxygen atoms in total. The van der Waals surface area contributed by atoms with Crippen LogP contribution in [-0.4, -0.2) is 9.55 Å². The van der Waals surface area contributed by atoms with Crippen molar-refractivity contribution in [3.63, 3.8) is 0 Å². The number of nitrogens with zero attached hydrogens (tertiary/aromatic N) is 2. The number of benzene rings is 1. The van der Waals surface area contributed by atoms with E-state index in [1.165, 1.54) is 28.9 Å². The average molecular weight is 328 g/mol. The highest BCUT2D eigenvalue weighted by atomic mass is 32.2. The minimum Gasteiger partial charge on any atom is -0.289 e. The van der Waals surface area contributed by atoms with Crippen LogP contribution in [0.1, 0.15) is 29.2 Å². The molecular formula is C17H16N2OS2. The molecule has 0 bridgehead atoms. The third kappa shape index (κ3) is 2.29. The molecule has 1 aliphatic rings. The Morgan fingerprint density at radius 3 is 3.09 bits per heavy atom. The maximum Gasteiger partial charge on any atom is 0.271 e. The lowest BCUT2D eigenvalue weighted by molar-refractivity contribution is 0.664. The van der Waals surface area contributed by atoms with Gasteiger partial charge in [0.2, 0.25) is 0 Å². The van der Waals surface area contributed by atoms with Crippen LogP contribution in [0, 0.1) is 0 Å². The van der Waals surface area contributed by atoms with Crippen LogP contribution in [-0.2, 0) is 13.5 Å². The number of fused-ring (bicyclic) bond motifs is 2. The quantitative estimate of drug-likeness (QED) is 0.662. The predicted molar refractivity (Wildman–Crippen MR) is 92.8 cm³/mol. The molecule has 1 unspecified atom stereocenters. The first-order valence-electron chi connectivity index (χ1n) is 7.43. The molecule has 2 heterocycles. The van der Waals surface area contributed by atoms with Gasteiger partial charge in [0.15, 0.2) is 5.16 Å². The normalized spacial score (nSPS) is 17.6. The Bertz CT molecular complexity index is 897. The van der Waals surface area contributed by atoms with E-state index in [9.17, 15) is 4.79 Å². The molecule has 1 aliphatic carbocycles. The molecule has 4 rings (SSSR count). The van der Waals surface area contributed by atoms with Crippen LogP contribution in [0.2, 0.25) is 0 Å². The van der Waals surface area contributed by atoms with Gasteiger partial charge in [-0.1, -0.05) is 36.0 Å². The van der Waals surface area contributed by atoms with Crippen molar-refractivity contribution in [3.05, 3.63) is 57.2 Å². The van der Waals surface area contributed by atoms with Crippen molar-refractivity contribution in [3.8, 4) is 0 Å².